The van der Waals surface area contributed by atoms with Gasteiger partial charge in [0, 0.05) is 13.1 Å². The lowest BCUT2D eigenvalue weighted by Crippen LogP contribution is -2.38. The van der Waals surface area contributed by atoms with Crippen LogP contribution in [-0.2, 0) is 12.4 Å². The van der Waals surface area contributed by atoms with E-state index in [0.29, 0.717) is 18.9 Å². The first-order chi connectivity index (χ1) is 13.1. The van der Waals surface area contributed by atoms with Gasteiger partial charge in [-0.1, -0.05) is 18.2 Å². The van der Waals surface area contributed by atoms with Crippen LogP contribution in [0.25, 0.3) is 0 Å². The summed E-state index contributed by atoms with van der Waals surface area (Å²) in [5.41, 5.74) is -1.93. The lowest BCUT2D eigenvalue weighted by atomic mass is 9.86. The number of nitrogens with zero attached hydrogens (tertiary/aromatic N) is 3. The molecule has 1 fully saturated rings. The Labute approximate surface area is 156 Å². The van der Waals surface area contributed by atoms with Crippen LogP contribution in [0.3, 0.4) is 0 Å². The van der Waals surface area contributed by atoms with Gasteiger partial charge in [-0.2, -0.15) is 26.3 Å². The highest BCUT2D eigenvalue weighted by molar-refractivity contribution is 5.92. The van der Waals surface area contributed by atoms with Crippen LogP contribution < -0.4 is 0 Å². The van der Waals surface area contributed by atoms with Crippen molar-refractivity contribution in [2.75, 3.05) is 13.1 Å². The van der Waals surface area contributed by atoms with Gasteiger partial charge in [-0.15, -0.1) is 10.2 Å². The summed E-state index contributed by atoms with van der Waals surface area (Å²) in [6, 6.07) is 6.96. The van der Waals surface area contributed by atoms with E-state index >= 15 is 0 Å². The predicted molar refractivity (Wildman–Crippen MR) is 86.4 cm³/mol. The molecule has 1 amide bonds. The minimum Gasteiger partial charge on any atom is -0.337 e. The molecular formula is C18H15F6N3O. The fourth-order valence-electron chi connectivity index (χ4n) is 3.26. The molecule has 4 nitrogen and oxygen atoms in total. The molecule has 150 valence electrons. The van der Waals surface area contributed by atoms with Crippen LogP contribution in [0, 0.1) is 0 Å². The van der Waals surface area contributed by atoms with Crippen molar-refractivity contribution in [2.24, 2.45) is 0 Å². The molecule has 2 heterocycles. The van der Waals surface area contributed by atoms with Crippen molar-refractivity contribution in [2.45, 2.75) is 31.1 Å². The Bertz CT molecular complexity index is 840. The second kappa shape index (κ2) is 7.40. The highest BCUT2D eigenvalue weighted by atomic mass is 19.4. The summed E-state index contributed by atoms with van der Waals surface area (Å²) in [5, 5.41) is 6.35. The minimum atomic E-state index is -4.65. The smallest absolute Gasteiger partial charge is 0.337 e. The van der Waals surface area contributed by atoms with Crippen LogP contribution in [0.4, 0.5) is 26.3 Å². The molecule has 1 aliphatic heterocycles. The number of piperidine rings is 1. The van der Waals surface area contributed by atoms with E-state index in [0.717, 1.165) is 12.1 Å². The number of carbonyl (C=O) groups is 1. The molecule has 3 rings (SSSR count). The summed E-state index contributed by atoms with van der Waals surface area (Å²) in [6.07, 6.45) is -8.49. The Morgan fingerprint density at radius 1 is 0.893 bits per heavy atom. The van der Waals surface area contributed by atoms with Crippen molar-refractivity contribution in [1.82, 2.24) is 15.1 Å². The van der Waals surface area contributed by atoms with E-state index in [1.807, 2.05) is 0 Å². The molecule has 0 N–H and O–H groups in total. The van der Waals surface area contributed by atoms with Crippen molar-refractivity contribution in [1.29, 1.82) is 0 Å². The van der Waals surface area contributed by atoms with E-state index in [4.69, 9.17) is 0 Å². The largest absolute Gasteiger partial charge is 0.435 e. The number of rotatable bonds is 2. The summed E-state index contributed by atoms with van der Waals surface area (Å²) in [4.78, 5) is 13.8. The number of carbonyl (C=O) groups excluding carboxylic acids is 1. The molecule has 10 heteroatoms. The molecule has 28 heavy (non-hydrogen) atoms. The molecule has 1 aliphatic rings. The van der Waals surface area contributed by atoms with Crippen molar-refractivity contribution < 1.29 is 31.1 Å². The van der Waals surface area contributed by atoms with Gasteiger partial charge in [0.1, 0.15) is 0 Å². The molecule has 0 atom stereocenters. The van der Waals surface area contributed by atoms with Crippen LogP contribution in [-0.4, -0.2) is 34.1 Å². The van der Waals surface area contributed by atoms with Crippen molar-refractivity contribution >= 4 is 5.91 Å². The summed E-state index contributed by atoms with van der Waals surface area (Å²) < 4.78 is 77.1. The van der Waals surface area contributed by atoms with Gasteiger partial charge >= 0.3 is 12.4 Å². The third-order valence-electron chi connectivity index (χ3n) is 4.66. The predicted octanol–water partition coefficient (Wildman–Crippen LogP) is 4.53. The average Bonchev–Trinajstić information content (AvgIpc) is 2.66. The summed E-state index contributed by atoms with van der Waals surface area (Å²) in [5.74, 6) is -0.954. The molecule has 2 aromatic rings. The molecule has 1 aromatic carbocycles. The summed E-state index contributed by atoms with van der Waals surface area (Å²) in [6.45, 7) is 0.358. The number of benzene rings is 1. The first-order valence-electron chi connectivity index (χ1n) is 8.43. The van der Waals surface area contributed by atoms with Gasteiger partial charge in [-0.05, 0) is 42.5 Å². The third-order valence-corrected chi connectivity index (χ3v) is 4.66. The fourth-order valence-corrected chi connectivity index (χ4v) is 3.26. The van der Waals surface area contributed by atoms with Crippen LogP contribution in [0.15, 0.2) is 36.4 Å². The number of hydrogen-bond acceptors (Lipinski definition) is 3. The van der Waals surface area contributed by atoms with Gasteiger partial charge in [-0.25, -0.2) is 0 Å². The average molecular weight is 403 g/mol. The molecule has 1 saturated heterocycles. The SMILES string of the molecule is O=C(c1ccc(C(F)(F)F)nn1)N1CCC(c2ccccc2C(F)(F)F)CC1. The number of hydrogen-bond donors (Lipinski definition) is 0. The second-order valence-corrected chi connectivity index (χ2v) is 6.45. The van der Waals surface area contributed by atoms with E-state index < -0.39 is 29.5 Å². The standard InChI is InChI=1S/C18H15F6N3O/c19-17(20,21)13-4-2-1-3-12(13)11-7-9-27(10-8-11)16(28)14-5-6-15(26-25-14)18(22,23)24/h1-6,11H,7-10H2. The molecule has 0 radical (unpaired) electrons. The maximum atomic E-state index is 13.2. The van der Waals surface area contributed by atoms with Crippen molar-refractivity contribution in [3.05, 3.63) is 58.9 Å². The quantitative estimate of drug-likeness (QED) is 0.692. The monoisotopic (exact) mass is 403 g/mol. The lowest BCUT2D eigenvalue weighted by Gasteiger charge is -2.33. The zero-order valence-corrected chi connectivity index (χ0v) is 14.4. The topological polar surface area (TPSA) is 46.1 Å². The maximum Gasteiger partial charge on any atom is 0.435 e. The van der Waals surface area contributed by atoms with Gasteiger partial charge in [0.05, 0.1) is 5.56 Å². The van der Waals surface area contributed by atoms with E-state index in [1.54, 1.807) is 6.07 Å². The molecule has 0 spiro atoms. The molecule has 1 aromatic heterocycles. The van der Waals surface area contributed by atoms with E-state index in [2.05, 4.69) is 10.2 Å². The number of likely N-dealkylation sites (tertiary alicyclic amines) is 1. The van der Waals surface area contributed by atoms with Crippen molar-refractivity contribution in [3.8, 4) is 0 Å². The van der Waals surface area contributed by atoms with Gasteiger partial charge in [-0.3, -0.25) is 4.79 Å². The van der Waals surface area contributed by atoms with Crippen LogP contribution in [0.5, 0.6) is 0 Å². The zero-order valence-electron chi connectivity index (χ0n) is 14.4. The van der Waals surface area contributed by atoms with Crippen LogP contribution >= 0.6 is 0 Å². The van der Waals surface area contributed by atoms with E-state index in [9.17, 15) is 31.1 Å². The number of aromatic nitrogens is 2. The zero-order chi connectivity index (χ0) is 20.5. The number of halogens is 6. The second-order valence-electron chi connectivity index (χ2n) is 6.45. The highest BCUT2D eigenvalue weighted by Crippen LogP contribution is 2.38. The van der Waals surface area contributed by atoms with Gasteiger partial charge in [0.2, 0.25) is 0 Å². The molecule has 0 aliphatic carbocycles. The Hall–Kier alpha value is -2.65. The number of alkyl halides is 6. The highest BCUT2D eigenvalue weighted by Gasteiger charge is 2.36. The van der Waals surface area contributed by atoms with E-state index in [1.165, 1.54) is 17.0 Å². The Morgan fingerprint density at radius 3 is 2.07 bits per heavy atom. The van der Waals surface area contributed by atoms with Crippen LogP contribution in [0.2, 0.25) is 0 Å². The fraction of sp³-hybridized carbons (Fsp3) is 0.389. The van der Waals surface area contributed by atoms with Gasteiger partial charge in [0.15, 0.2) is 11.4 Å². The Balaban J connectivity index is 1.68. The van der Waals surface area contributed by atoms with Gasteiger partial charge in [0.25, 0.3) is 5.91 Å². The summed E-state index contributed by atoms with van der Waals surface area (Å²) >= 11 is 0. The van der Waals surface area contributed by atoms with Crippen LogP contribution in [0.1, 0.15) is 46.1 Å². The Kier molecular flexibility index (Phi) is 5.31. The van der Waals surface area contributed by atoms with E-state index in [-0.39, 0.29) is 30.3 Å². The summed E-state index contributed by atoms with van der Waals surface area (Å²) in [7, 11) is 0. The Morgan fingerprint density at radius 2 is 1.54 bits per heavy atom. The first kappa shape index (κ1) is 20.1. The number of amides is 1. The van der Waals surface area contributed by atoms with Crippen molar-refractivity contribution in [3.63, 3.8) is 0 Å². The first-order valence-corrected chi connectivity index (χ1v) is 8.43. The minimum absolute atomic E-state index is 0.179. The molecule has 0 unspecified atom stereocenters. The molecule has 0 saturated carbocycles. The maximum absolute atomic E-state index is 13.2. The third kappa shape index (κ3) is 4.26. The molecular weight excluding hydrogens is 388 g/mol. The normalized spacial score (nSPS) is 16.3. The molecule has 0 bridgehead atoms. The van der Waals surface area contributed by atoms with Gasteiger partial charge < -0.3 is 4.90 Å². The lowest BCUT2D eigenvalue weighted by molar-refractivity contribution is -0.142.